The first kappa shape index (κ1) is 16.1. The number of carbonyl (C=O) groups is 2. The third kappa shape index (κ3) is 2.87. The van der Waals surface area contributed by atoms with Crippen LogP contribution in [0.15, 0.2) is 27.9 Å². The van der Waals surface area contributed by atoms with Crippen LogP contribution in [0.2, 0.25) is 0 Å². The molecule has 1 heterocycles. The van der Waals surface area contributed by atoms with Gasteiger partial charge in [-0.05, 0) is 40.9 Å². The van der Waals surface area contributed by atoms with Gasteiger partial charge in [0.2, 0.25) is 5.91 Å². The van der Waals surface area contributed by atoms with Crippen LogP contribution in [-0.2, 0) is 9.59 Å². The van der Waals surface area contributed by atoms with Crippen LogP contribution >= 0.6 is 15.9 Å². The van der Waals surface area contributed by atoms with Crippen LogP contribution in [0.4, 0.5) is 0 Å². The van der Waals surface area contributed by atoms with Crippen molar-refractivity contribution in [1.29, 1.82) is 0 Å². The Balaban J connectivity index is 2.16. The molecule has 0 aromatic heterocycles. The fraction of sp³-hybridized carbons (Fsp3) is 0.412. The van der Waals surface area contributed by atoms with Gasteiger partial charge in [0.1, 0.15) is 11.5 Å². The standard InChI is InChI=1S/C17H18BrNO4/c1-22-14-8-11(18)15(23-2)6-9(14)10-7-16(21)19-12-4-3-5-13(20)17(10)12/h6,8,10H,3-5,7H2,1-2H3,(H,19,21)/t10-/m1/s1. The van der Waals surface area contributed by atoms with Crippen LogP contribution in [0.3, 0.4) is 0 Å². The number of methoxy groups -OCH3 is 2. The van der Waals surface area contributed by atoms with Gasteiger partial charge in [0.25, 0.3) is 0 Å². The molecule has 1 amide bonds. The summed E-state index contributed by atoms with van der Waals surface area (Å²) in [6, 6.07) is 3.66. The minimum atomic E-state index is -0.288. The van der Waals surface area contributed by atoms with Gasteiger partial charge >= 0.3 is 0 Å². The Hall–Kier alpha value is -1.82. The third-order valence-corrected chi connectivity index (χ3v) is 4.98. The van der Waals surface area contributed by atoms with E-state index < -0.39 is 0 Å². The van der Waals surface area contributed by atoms with E-state index in [0.29, 0.717) is 17.9 Å². The smallest absolute Gasteiger partial charge is 0.225 e. The van der Waals surface area contributed by atoms with Crippen molar-refractivity contribution in [3.05, 3.63) is 33.4 Å². The van der Waals surface area contributed by atoms with Gasteiger partial charge in [0.05, 0.1) is 18.7 Å². The number of halogens is 1. The average molecular weight is 380 g/mol. The van der Waals surface area contributed by atoms with Gasteiger partial charge in [0, 0.05) is 35.6 Å². The number of ether oxygens (including phenoxy) is 2. The number of allylic oxidation sites excluding steroid dienone is 2. The van der Waals surface area contributed by atoms with Crippen LogP contribution < -0.4 is 14.8 Å². The molecule has 0 bridgehead atoms. The maximum atomic E-state index is 12.4. The van der Waals surface area contributed by atoms with Gasteiger partial charge in [-0.2, -0.15) is 0 Å². The number of hydrogen-bond donors (Lipinski definition) is 1. The summed E-state index contributed by atoms with van der Waals surface area (Å²) in [6.45, 7) is 0. The summed E-state index contributed by atoms with van der Waals surface area (Å²) < 4.78 is 11.6. The summed E-state index contributed by atoms with van der Waals surface area (Å²) >= 11 is 3.44. The van der Waals surface area contributed by atoms with E-state index >= 15 is 0 Å². The summed E-state index contributed by atoms with van der Waals surface area (Å²) in [5, 5.41) is 2.86. The molecule has 0 saturated heterocycles. The Kier molecular flexibility index (Phi) is 4.43. The van der Waals surface area contributed by atoms with Crippen LogP contribution in [-0.4, -0.2) is 25.9 Å². The average Bonchev–Trinajstić information content (AvgIpc) is 2.53. The lowest BCUT2D eigenvalue weighted by molar-refractivity contribution is -0.122. The number of nitrogens with one attached hydrogen (secondary N) is 1. The van der Waals surface area contributed by atoms with Gasteiger partial charge in [-0.25, -0.2) is 0 Å². The predicted molar refractivity (Wildman–Crippen MR) is 88.6 cm³/mol. The van der Waals surface area contributed by atoms with Crippen molar-refractivity contribution in [3.8, 4) is 11.5 Å². The topological polar surface area (TPSA) is 64.6 Å². The Bertz CT molecular complexity index is 711. The van der Waals surface area contributed by atoms with Crippen molar-refractivity contribution in [2.45, 2.75) is 31.6 Å². The fourth-order valence-electron chi connectivity index (χ4n) is 3.33. The van der Waals surface area contributed by atoms with Crippen molar-refractivity contribution >= 4 is 27.6 Å². The SMILES string of the molecule is COc1cc([C@H]2CC(=O)NC3=C2C(=O)CCC3)c(OC)cc1Br. The van der Waals surface area contributed by atoms with E-state index in [2.05, 4.69) is 21.2 Å². The zero-order chi connectivity index (χ0) is 16.6. The molecule has 1 aliphatic heterocycles. The Morgan fingerprint density at radius 2 is 1.87 bits per heavy atom. The van der Waals surface area contributed by atoms with Gasteiger partial charge in [-0.15, -0.1) is 0 Å². The van der Waals surface area contributed by atoms with Crippen molar-refractivity contribution in [2.75, 3.05) is 14.2 Å². The summed E-state index contributed by atoms with van der Waals surface area (Å²) in [7, 11) is 3.17. The quantitative estimate of drug-likeness (QED) is 0.876. The van der Waals surface area contributed by atoms with E-state index in [9.17, 15) is 9.59 Å². The maximum Gasteiger partial charge on any atom is 0.225 e. The number of hydrogen-bond acceptors (Lipinski definition) is 4. The normalized spacial score (nSPS) is 20.9. The minimum Gasteiger partial charge on any atom is -0.496 e. The summed E-state index contributed by atoms with van der Waals surface area (Å²) in [4.78, 5) is 24.5. The molecule has 1 atom stereocenters. The zero-order valence-electron chi connectivity index (χ0n) is 13.1. The summed E-state index contributed by atoms with van der Waals surface area (Å²) in [5.41, 5.74) is 2.30. The zero-order valence-corrected chi connectivity index (χ0v) is 14.7. The number of Topliss-reactive ketones (excluding diaryl/α,β-unsaturated/α-hetero) is 1. The van der Waals surface area contributed by atoms with Gasteiger partial charge in [-0.1, -0.05) is 0 Å². The molecule has 1 N–H and O–H groups in total. The van der Waals surface area contributed by atoms with E-state index in [1.807, 2.05) is 12.1 Å². The number of carbonyl (C=O) groups excluding carboxylic acids is 2. The number of ketones is 1. The lowest BCUT2D eigenvalue weighted by atomic mass is 9.77. The van der Waals surface area contributed by atoms with Crippen LogP contribution in [0.25, 0.3) is 0 Å². The molecule has 1 aromatic carbocycles. The van der Waals surface area contributed by atoms with Crippen LogP contribution in [0.5, 0.6) is 11.5 Å². The largest absolute Gasteiger partial charge is 0.496 e. The molecule has 5 nitrogen and oxygen atoms in total. The van der Waals surface area contributed by atoms with Gasteiger partial charge in [-0.3, -0.25) is 9.59 Å². The lowest BCUT2D eigenvalue weighted by Crippen LogP contribution is -2.36. The minimum absolute atomic E-state index is 0.0626. The molecule has 122 valence electrons. The molecule has 2 aliphatic rings. The molecule has 6 heteroatoms. The molecule has 1 aliphatic carbocycles. The molecule has 0 radical (unpaired) electrons. The Labute approximate surface area is 143 Å². The number of amides is 1. The third-order valence-electron chi connectivity index (χ3n) is 4.36. The Morgan fingerprint density at radius 1 is 1.13 bits per heavy atom. The molecular weight excluding hydrogens is 362 g/mol. The number of benzene rings is 1. The molecule has 0 unspecified atom stereocenters. The van der Waals surface area contributed by atoms with E-state index in [1.54, 1.807) is 14.2 Å². The first-order valence-corrected chi connectivity index (χ1v) is 8.32. The molecule has 0 saturated carbocycles. The van der Waals surface area contributed by atoms with E-state index in [0.717, 1.165) is 34.1 Å². The van der Waals surface area contributed by atoms with E-state index in [4.69, 9.17) is 9.47 Å². The first-order valence-electron chi connectivity index (χ1n) is 7.52. The molecule has 1 aromatic rings. The number of rotatable bonds is 3. The maximum absolute atomic E-state index is 12.4. The van der Waals surface area contributed by atoms with Crippen molar-refractivity contribution in [1.82, 2.24) is 5.32 Å². The van der Waals surface area contributed by atoms with E-state index in [1.165, 1.54) is 0 Å². The molecule has 23 heavy (non-hydrogen) atoms. The second-order valence-corrected chi connectivity index (χ2v) is 6.56. The predicted octanol–water partition coefficient (Wildman–Crippen LogP) is 3.08. The monoisotopic (exact) mass is 379 g/mol. The molecule has 3 rings (SSSR count). The van der Waals surface area contributed by atoms with Gasteiger partial charge in [0.15, 0.2) is 5.78 Å². The van der Waals surface area contributed by atoms with Crippen molar-refractivity contribution in [3.63, 3.8) is 0 Å². The van der Waals surface area contributed by atoms with Crippen LogP contribution in [0, 0.1) is 0 Å². The van der Waals surface area contributed by atoms with Crippen LogP contribution in [0.1, 0.15) is 37.2 Å². The van der Waals surface area contributed by atoms with E-state index in [-0.39, 0.29) is 24.0 Å². The second kappa shape index (κ2) is 6.35. The highest BCUT2D eigenvalue weighted by molar-refractivity contribution is 9.10. The fourth-order valence-corrected chi connectivity index (χ4v) is 3.81. The Morgan fingerprint density at radius 3 is 2.57 bits per heavy atom. The molecular formula is C17H18BrNO4. The highest BCUT2D eigenvalue weighted by Gasteiger charge is 2.36. The van der Waals surface area contributed by atoms with Crippen molar-refractivity contribution < 1.29 is 19.1 Å². The second-order valence-electron chi connectivity index (χ2n) is 5.70. The first-order chi connectivity index (χ1) is 11.0. The highest BCUT2D eigenvalue weighted by Crippen LogP contribution is 2.44. The van der Waals surface area contributed by atoms with Crippen molar-refractivity contribution in [2.24, 2.45) is 0 Å². The summed E-state index contributed by atoms with van der Waals surface area (Å²) in [6.07, 6.45) is 2.29. The van der Waals surface area contributed by atoms with Gasteiger partial charge < -0.3 is 14.8 Å². The highest BCUT2D eigenvalue weighted by atomic mass is 79.9. The molecule has 0 fully saturated rings. The summed E-state index contributed by atoms with van der Waals surface area (Å²) in [5.74, 6) is 1.05. The lowest BCUT2D eigenvalue weighted by Gasteiger charge is -2.32. The molecule has 0 spiro atoms.